The van der Waals surface area contributed by atoms with E-state index in [4.69, 9.17) is 4.74 Å². The van der Waals surface area contributed by atoms with Gasteiger partial charge in [0.1, 0.15) is 6.10 Å². The second-order valence-corrected chi connectivity index (χ2v) is 3.76. The Morgan fingerprint density at radius 2 is 2.23 bits per heavy atom. The van der Waals surface area contributed by atoms with Gasteiger partial charge in [0.2, 0.25) is 0 Å². The minimum absolute atomic E-state index is 0.259. The molecule has 1 aliphatic heterocycles. The van der Waals surface area contributed by atoms with Crippen molar-refractivity contribution in [1.29, 1.82) is 0 Å². The van der Waals surface area contributed by atoms with Gasteiger partial charge in [-0.3, -0.25) is 4.79 Å². The van der Waals surface area contributed by atoms with Crippen molar-refractivity contribution >= 4 is 5.78 Å². The number of carbonyl (C=O) groups excluding carboxylic acids is 1. The number of Topliss-reactive ketones (excluding diaryl/α,β-unsaturated/α-hetero) is 1. The number of hydrogen-bond donors (Lipinski definition) is 1. The molecule has 0 spiro atoms. The maximum atomic E-state index is 11.4. The van der Waals surface area contributed by atoms with Gasteiger partial charge >= 0.3 is 0 Å². The van der Waals surface area contributed by atoms with Gasteiger partial charge in [0.05, 0.1) is 18.6 Å². The lowest BCUT2D eigenvalue weighted by atomic mass is 9.75. The van der Waals surface area contributed by atoms with Crippen molar-refractivity contribution in [3.8, 4) is 0 Å². The number of hydrogen-bond acceptors (Lipinski definition) is 3. The van der Waals surface area contributed by atoms with E-state index in [0.717, 1.165) is 6.42 Å². The number of ketones is 1. The molecular weight excluding hydrogens is 168 g/mol. The third-order valence-corrected chi connectivity index (χ3v) is 2.73. The van der Waals surface area contributed by atoms with Crippen LogP contribution in [0.15, 0.2) is 12.2 Å². The van der Waals surface area contributed by atoms with E-state index in [-0.39, 0.29) is 11.2 Å². The summed E-state index contributed by atoms with van der Waals surface area (Å²) >= 11 is 0. The number of aliphatic hydroxyl groups excluding tert-OH is 1. The average Bonchev–Trinajstić information content (AvgIpc) is 2.01. The predicted molar refractivity (Wildman–Crippen MR) is 49.4 cm³/mol. The Kier molecular flexibility index (Phi) is 2.88. The molecule has 0 aliphatic carbocycles. The first-order valence-corrected chi connectivity index (χ1v) is 4.49. The van der Waals surface area contributed by atoms with Crippen LogP contribution in [-0.4, -0.2) is 30.2 Å². The van der Waals surface area contributed by atoms with Gasteiger partial charge < -0.3 is 9.84 Å². The van der Waals surface area contributed by atoms with Gasteiger partial charge in [-0.05, 0) is 18.9 Å². The highest BCUT2D eigenvalue weighted by atomic mass is 16.5. The first kappa shape index (κ1) is 10.4. The zero-order valence-corrected chi connectivity index (χ0v) is 8.17. The molecule has 1 fully saturated rings. The summed E-state index contributed by atoms with van der Waals surface area (Å²) in [5, 5.41) is 9.77. The molecule has 1 saturated heterocycles. The van der Waals surface area contributed by atoms with E-state index in [1.54, 1.807) is 6.92 Å². The Bertz CT molecular complexity index is 223. The van der Waals surface area contributed by atoms with Crippen LogP contribution in [0.3, 0.4) is 0 Å². The molecule has 1 N–H and O–H groups in total. The summed E-state index contributed by atoms with van der Waals surface area (Å²) in [5.74, 6) is -0.259. The lowest BCUT2D eigenvalue weighted by Gasteiger charge is -2.43. The summed E-state index contributed by atoms with van der Waals surface area (Å²) in [5.41, 5.74) is 0.0583. The molecule has 0 aromatic heterocycles. The van der Waals surface area contributed by atoms with E-state index < -0.39 is 6.10 Å². The molecule has 0 amide bonds. The van der Waals surface area contributed by atoms with Crippen molar-refractivity contribution in [2.75, 3.05) is 13.2 Å². The fraction of sp³-hybridized carbons (Fsp3) is 0.700. The van der Waals surface area contributed by atoms with Crippen LogP contribution in [0.5, 0.6) is 0 Å². The molecule has 3 heteroatoms. The molecule has 3 nitrogen and oxygen atoms in total. The molecule has 13 heavy (non-hydrogen) atoms. The second kappa shape index (κ2) is 3.60. The van der Waals surface area contributed by atoms with Crippen LogP contribution >= 0.6 is 0 Å². The summed E-state index contributed by atoms with van der Waals surface area (Å²) in [7, 11) is 0. The first-order valence-electron chi connectivity index (χ1n) is 4.49. The molecule has 0 aromatic carbocycles. The molecule has 1 aliphatic rings. The van der Waals surface area contributed by atoms with Crippen LogP contribution in [-0.2, 0) is 9.53 Å². The van der Waals surface area contributed by atoms with E-state index in [9.17, 15) is 9.90 Å². The molecule has 1 unspecified atom stereocenters. The minimum Gasteiger partial charge on any atom is -0.384 e. The van der Waals surface area contributed by atoms with Crippen LogP contribution in [0.2, 0.25) is 0 Å². The topological polar surface area (TPSA) is 46.5 Å². The molecule has 0 aromatic rings. The lowest BCUT2D eigenvalue weighted by Crippen LogP contribution is -2.54. The summed E-state index contributed by atoms with van der Waals surface area (Å²) in [6.45, 7) is 8.06. The fourth-order valence-electron chi connectivity index (χ4n) is 1.43. The van der Waals surface area contributed by atoms with Crippen molar-refractivity contribution in [3.05, 3.63) is 12.2 Å². The Labute approximate surface area is 78.4 Å². The monoisotopic (exact) mass is 184 g/mol. The highest BCUT2D eigenvalue weighted by Gasteiger charge is 2.46. The van der Waals surface area contributed by atoms with E-state index in [1.807, 2.05) is 6.92 Å². The Morgan fingerprint density at radius 1 is 1.69 bits per heavy atom. The Balaban J connectivity index is 2.70. The van der Waals surface area contributed by atoms with Crippen molar-refractivity contribution in [3.63, 3.8) is 0 Å². The van der Waals surface area contributed by atoms with Gasteiger partial charge in [-0.2, -0.15) is 0 Å². The number of rotatable bonds is 4. The largest absolute Gasteiger partial charge is 0.384 e. The van der Waals surface area contributed by atoms with E-state index >= 15 is 0 Å². The summed E-state index contributed by atoms with van der Waals surface area (Å²) in [6, 6.07) is 0. The molecule has 1 atom stereocenters. The van der Waals surface area contributed by atoms with E-state index in [2.05, 4.69) is 6.58 Å². The fourth-order valence-corrected chi connectivity index (χ4v) is 1.43. The number of aliphatic hydroxyl groups is 1. The van der Waals surface area contributed by atoms with Gasteiger partial charge in [-0.15, -0.1) is 0 Å². The van der Waals surface area contributed by atoms with Gasteiger partial charge in [-0.1, -0.05) is 13.5 Å². The minimum atomic E-state index is -0.941. The molecule has 74 valence electrons. The van der Waals surface area contributed by atoms with Crippen LogP contribution in [0.1, 0.15) is 20.3 Å². The maximum Gasteiger partial charge on any atom is 0.187 e. The van der Waals surface area contributed by atoms with Gasteiger partial charge in [0.15, 0.2) is 5.78 Å². The second-order valence-electron chi connectivity index (χ2n) is 3.76. The van der Waals surface area contributed by atoms with E-state index in [1.165, 1.54) is 0 Å². The molecular formula is C10H16O3. The first-order chi connectivity index (χ1) is 6.03. The SMILES string of the molecule is C=C(C)C(=O)C(O)C1(CC)COC1. The molecule has 0 bridgehead atoms. The van der Waals surface area contributed by atoms with Crippen LogP contribution in [0.4, 0.5) is 0 Å². The van der Waals surface area contributed by atoms with Crippen molar-refractivity contribution < 1.29 is 14.6 Å². The summed E-state index contributed by atoms with van der Waals surface area (Å²) < 4.78 is 5.04. The smallest absolute Gasteiger partial charge is 0.187 e. The molecule has 0 radical (unpaired) electrons. The van der Waals surface area contributed by atoms with Gasteiger partial charge in [0, 0.05) is 0 Å². The Hall–Kier alpha value is -0.670. The zero-order valence-electron chi connectivity index (χ0n) is 8.17. The quantitative estimate of drug-likeness (QED) is 0.661. The summed E-state index contributed by atoms with van der Waals surface area (Å²) in [4.78, 5) is 11.4. The normalized spacial score (nSPS) is 21.8. The average molecular weight is 184 g/mol. The van der Waals surface area contributed by atoms with Crippen molar-refractivity contribution in [1.82, 2.24) is 0 Å². The zero-order chi connectivity index (χ0) is 10.1. The van der Waals surface area contributed by atoms with Crippen LogP contribution < -0.4 is 0 Å². The summed E-state index contributed by atoms with van der Waals surface area (Å²) in [6.07, 6.45) is -0.184. The third kappa shape index (κ3) is 1.67. The van der Waals surface area contributed by atoms with Crippen LogP contribution in [0, 0.1) is 5.41 Å². The van der Waals surface area contributed by atoms with Gasteiger partial charge in [-0.25, -0.2) is 0 Å². The van der Waals surface area contributed by atoms with Crippen molar-refractivity contribution in [2.24, 2.45) is 5.41 Å². The predicted octanol–water partition coefficient (Wildman–Crippen LogP) is 0.919. The standard InChI is InChI=1S/C10H16O3/c1-4-10(5-13-6-10)9(12)8(11)7(2)3/h9,12H,2,4-6H2,1,3H3. The lowest BCUT2D eigenvalue weighted by molar-refractivity contribution is -0.178. The highest BCUT2D eigenvalue weighted by molar-refractivity contribution is 5.98. The van der Waals surface area contributed by atoms with Gasteiger partial charge in [0.25, 0.3) is 0 Å². The maximum absolute atomic E-state index is 11.4. The van der Waals surface area contributed by atoms with Crippen molar-refractivity contribution in [2.45, 2.75) is 26.4 Å². The number of ether oxygens (including phenoxy) is 1. The number of carbonyl (C=O) groups is 1. The Morgan fingerprint density at radius 3 is 2.46 bits per heavy atom. The molecule has 1 rings (SSSR count). The van der Waals surface area contributed by atoms with E-state index in [0.29, 0.717) is 18.8 Å². The highest BCUT2D eigenvalue weighted by Crippen LogP contribution is 2.36. The molecule has 1 heterocycles. The molecule has 0 saturated carbocycles. The van der Waals surface area contributed by atoms with Crippen LogP contribution in [0.25, 0.3) is 0 Å². The third-order valence-electron chi connectivity index (χ3n) is 2.73.